The van der Waals surface area contributed by atoms with Crippen LogP contribution >= 0.6 is 0 Å². The number of halogens is 1. The molecule has 1 heterocycles. The van der Waals surface area contributed by atoms with Crippen molar-refractivity contribution >= 4 is 28.4 Å². The number of ether oxygens (including phenoxy) is 3. The van der Waals surface area contributed by atoms with E-state index in [1.54, 1.807) is 56.8 Å². The first-order valence-electron chi connectivity index (χ1n) is 11.9. The molecule has 0 aliphatic heterocycles. The number of fused-ring (bicyclic) bond motifs is 1. The van der Waals surface area contributed by atoms with Crippen LogP contribution in [0.4, 0.5) is 10.1 Å². The summed E-state index contributed by atoms with van der Waals surface area (Å²) in [5, 5.41) is 6.55. The number of amides is 2. The van der Waals surface area contributed by atoms with Gasteiger partial charge < -0.3 is 24.8 Å². The highest BCUT2D eigenvalue weighted by Gasteiger charge is 2.71. The van der Waals surface area contributed by atoms with Gasteiger partial charge in [0.15, 0.2) is 11.5 Å². The molecule has 4 fully saturated rings. The van der Waals surface area contributed by atoms with Crippen LogP contribution in [-0.2, 0) is 9.59 Å². The molecule has 0 radical (unpaired) electrons. The van der Waals surface area contributed by atoms with Gasteiger partial charge in [0.25, 0.3) is 0 Å². The summed E-state index contributed by atoms with van der Waals surface area (Å²) in [6.45, 7) is 0. The predicted octanol–water partition coefficient (Wildman–Crippen LogP) is 4.52. The minimum Gasteiger partial charge on any atom is -0.493 e. The monoisotopic (exact) mass is 491 g/mol. The molecule has 0 saturated heterocycles. The quantitative estimate of drug-likeness (QED) is 0.450. The fourth-order valence-electron chi connectivity index (χ4n) is 5.36. The van der Waals surface area contributed by atoms with Crippen LogP contribution in [0, 0.1) is 5.41 Å². The van der Waals surface area contributed by atoms with Crippen molar-refractivity contribution in [3.05, 3.63) is 48.7 Å². The van der Waals surface area contributed by atoms with Crippen molar-refractivity contribution in [2.45, 2.75) is 43.3 Å². The molecule has 0 spiro atoms. The van der Waals surface area contributed by atoms with Crippen molar-refractivity contribution < 1.29 is 28.2 Å². The number of aromatic nitrogens is 1. The van der Waals surface area contributed by atoms with Crippen molar-refractivity contribution in [1.82, 2.24) is 10.3 Å². The standard InChI is InChI=1S/C27H26FN3O5/c1-34-21-11-18-19(12-22(21)35-2)29-10-7-20(18)36-17-5-3-16(4-6-17)30-23(32)27(8-9-27)24(33)31-26-13-25(28,14-26)15-26/h3-7,10-12H,8-9,13-15H2,1-2H3,(H,30,32)(H,31,33). The van der Waals surface area contributed by atoms with Gasteiger partial charge in [0, 0.05) is 48.1 Å². The van der Waals surface area contributed by atoms with Gasteiger partial charge in [-0.2, -0.15) is 0 Å². The number of nitrogens with one attached hydrogen (secondary N) is 2. The van der Waals surface area contributed by atoms with Gasteiger partial charge in [-0.1, -0.05) is 0 Å². The molecule has 7 rings (SSSR count). The van der Waals surface area contributed by atoms with Crippen LogP contribution in [0.15, 0.2) is 48.7 Å². The van der Waals surface area contributed by atoms with Crippen molar-refractivity contribution in [3.8, 4) is 23.0 Å². The molecule has 3 aromatic rings. The molecule has 4 aliphatic rings. The Bertz CT molecular complexity index is 1370. The zero-order valence-electron chi connectivity index (χ0n) is 20.0. The van der Waals surface area contributed by atoms with E-state index < -0.39 is 16.6 Å². The van der Waals surface area contributed by atoms with Crippen molar-refractivity contribution in [2.75, 3.05) is 19.5 Å². The minimum atomic E-state index is -1.10. The largest absolute Gasteiger partial charge is 0.493 e. The molecule has 0 unspecified atom stereocenters. The van der Waals surface area contributed by atoms with Gasteiger partial charge in [0.05, 0.1) is 19.7 Å². The van der Waals surface area contributed by atoms with E-state index in [0.717, 1.165) is 5.39 Å². The topological polar surface area (TPSA) is 98.8 Å². The number of nitrogens with zero attached hydrogens (tertiary/aromatic N) is 1. The van der Waals surface area contributed by atoms with E-state index in [1.165, 1.54) is 0 Å². The van der Waals surface area contributed by atoms with Gasteiger partial charge >= 0.3 is 0 Å². The highest BCUT2D eigenvalue weighted by Crippen LogP contribution is 2.63. The molecule has 2 amide bonds. The summed E-state index contributed by atoms with van der Waals surface area (Å²) in [6, 6.07) is 12.3. The number of carbonyl (C=O) groups excluding carboxylic acids is 2. The number of methoxy groups -OCH3 is 2. The Kier molecular flexibility index (Phi) is 4.90. The van der Waals surface area contributed by atoms with Gasteiger partial charge in [-0.3, -0.25) is 14.6 Å². The Morgan fingerprint density at radius 1 is 0.917 bits per heavy atom. The molecule has 36 heavy (non-hydrogen) atoms. The van der Waals surface area contributed by atoms with E-state index in [0.29, 0.717) is 66.3 Å². The molecule has 2 aromatic carbocycles. The average molecular weight is 492 g/mol. The second kappa shape index (κ2) is 7.81. The molecule has 0 atom stereocenters. The van der Waals surface area contributed by atoms with Crippen molar-refractivity contribution in [3.63, 3.8) is 0 Å². The number of alkyl halides is 1. The third-order valence-corrected chi connectivity index (χ3v) is 7.51. The van der Waals surface area contributed by atoms with Crippen molar-refractivity contribution in [1.29, 1.82) is 0 Å². The summed E-state index contributed by atoms with van der Waals surface area (Å²) in [6.07, 6.45) is 3.71. The number of carbonyl (C=O) groups is 2. The summed E-state index contributed by atoms with van der Waals surface area (Å²) in [7, 11) is 3.14. The van der Waals surface area contributed by atoms with E-state index in [2.05, 4.69) is 15.6 Å². The van der Waals surface area contributed by atoms with Gasteiger partial charge in [-0.05, 0) is 49.2 Å². The molecule has 8 nitrogen and oxygen atoms in total. The number of rotatable bonds is 8. The molecule has 4 aliphatic carbocycles. The average Bonchev–Trinajstić information content (AvgIpc) is 3.65. The smallest absolute Gasteiger partial charge is 0.240 e. The van der Waals surface area contributed by atoms with Crippen LogP contribution in [0.5, 0.6) is 23.0 Å². The van der Waals surface area contributed by atoms with Crippen LogP contribution in [0.3, 0.4) is 0 Å². The summed E-state index contributed by atoms with van der Waals surface area (Å²) in [4.78, 5) is 30.1. The molecular formula is C27H26FN3O5. The number of pyridine rings is 1. The first kappa shape index (κ1) is 22.6. The lowest BCUT2D eigenvalue weighted by Crippen LogP contribution is -2.77. The number of hydrogen-bond acceptors (Lipinski definition) is 6. The van der Waals surface area contributed by atoms with E-state index in [4.69, 9.17) is 14.2 Å². The molecule has 186 valence electrons. The Labute approximate surface area is 207 Å². The Morgan fingerprint density at radius 3 is 2.19 bits per heavy atom. The summed E-state index contributed by atoms with van der Waals surface area (Å²) < 4.78 is 30.6. The van der Waals surface area contributed by atoms with Gasteiger partial charge in [-0.15, -0.1) is 0 Å². The second-order valence-electron chi connectivity index (χ2n) is 10.1. The third kappa shape index (κ3) is 3.61. The van der Waals surface area contributed by atoms with Crippen LogP contribution in [0.2, 0.25) is 0 Å². The number of benzene rings is 2. The Balaban J connectivity index is 1.13. The zero-order valence-corrected chi connectivity index (χ0v) is 20.0. The van der Waals surface area contributed by atoms with Gasteiger partial charge in [0.2, 0.25) is 11.8 Å². The SMILES string of the molecule is COc1cc2nccc(Oc3ccc(NC(=O)C4(C(=O)NC56CC(F)(C5)C6)CC4)cc3)c2cc1OC. The van der Waals surface area contributed by atoms with Gasteiger partial charge in [-0.25, -0.2) is 4.39 Å². The maximum absolute atomic E-state index is 13.8. The van der Waals surface area contributed by atoms with Crippen LogP contribution < -0.4 is 24.8 Å². The summed E-state index contributed by atoms with van der Waals surface area (Å²) in [5.74, 6) is 1.67. The highest BCUT2D eigenvalue weighted by atomic mass is 19.1. The molecule has 4 saturated carbocycles. The van der Waals surface area contributed by atoms with E-state index in [9.17, 15) is 14.0 Å². The zero-order chi connectivity index (χ0) is 25.1. The first-order chi connectivity index (χ1) is 17.3. The maximum atomic E-state index is 13.8. The lowest BCUT2D eigenvalue weighted by Gasteiger charge is -2.65. The normalized spacial score (nSPS) is 24.6. The van der Waals surface area contributed by atoms with Gasteiger partial charge in [0.1, 0.15) is 22.6 Å². The van der Waals surface area contributed by atoms with E-state index in [-0.39, 0.29) is 11.8 Å². The first-order valence-corrected chi connectivity index (χ1v) is 11.9. The summed E-state index contributed by atoms with van der Waals surface area (Å²) in [5.41, 5.74) is -1.34. The second-order valence-corrected chi connectivity index (χ2v) is 10.1. The lowest BCUT2D eigenvalue weighted by atomic mass is 9.47. The molecule has 2 bridgehead atoms. The number of hydrogen-bond donors (Lipinski definition) is 2. The van der Waals surface area contributed by atoms with Crippen LogP contribution in [-0.4, -0.2) is 42.2 Å². The predicted molar refractivity (Wildman–Crippen MR) is 130 cm³/mol. The maximum Gasteiger partial charge on any atom is 0.240 e. The number of anilines is 1. The van der Waals surface area contributed by atoms with Crippen LogP contribution in [0.25, 0.3) is 10.9 Å². The molecule has 1 aromatic heterocycles. The Hall–Kier alpha value is -3.88. The third-order valence-electron chi connectivity index (χ3n) is 7.51. The minimum absolute atomic E-state index is 0.293. The van der Waals surface area contributed by atoms with Crippen molar-refractivity contribution in [2.24, 2.45) is 5.41 Å². The van der Waals surface area contributed by atoms with E-state index >= 15 is 0 Å². The molecule has 2 N–H and O–H groups in total. The molecular weight excluding hydrogens is 465 g/mol. The highest BCUT2D eigenvalue weighted by molar-refractivity contribution is 6.13. The fourth-order valence-corrected chi connectivity index (χ4v) is 5.36. The summed E-state index contributed by atoms with van der Waals surface area (Å²) >= 11 is 0. The fraction of sp³-hybridized carbons (Fsp3) is 0.370. The van der Waals surface area contributed by atoms with Crippen LogP contribution in [0.1, 0.15) is 32.1 Å². The lowest BCUT2D eigenvalue weighted by molar-refractivity contribution is -0.177. The Morgan fingerprint density at radius 2 is 1.58 bits per heavy atom. The van der Waals surface area contributed by atoms with E-state index in [1.807, 2.05) is 6.07 Å². The molecule has 9 heteroatoms.